The van der Waals surface area contributed by atoms with Crippen molar-refractivity contribution in [1.29, 1.82) is 0 Å². The average Bonchev–Trinajstić information content (AvgIpc) is 2.85. The topological polar surface area (TPSA) is 79.4 Å². The van der Waals surface area contributed by atoms with Gasteiger partial charge in [-0.15, -0.1) is 11.8 Å². The Morgan fingerprint density at radius 3 is 1.30 bits per heavy atom. The molecule has 2 N–H and O–H groups in total. The molecule has 0 atom stereocenters. The summed E-state index contributed by atoms with van der Waals surface area (Å²) in [6.45, 7) is 21.6. The van der Waals surface area contributed by atoms with E-state index in [2.05, 4.69) is 64.9 Å². The number of nitrogens with one attached hydrogen (secondary N) is 2. The smallest absolute Gasteiger partial charge is 0.334 e. The minimum Gasteiger partial charge on any atom is -0.398 e. The summed E-state index contributed by atoms with van der Waals surface area (Å²) in [4.78, 5) is -0.199. The Balaban J connectivity index is 5.30. The second-order valence-corrected chi connectivity index (χ2v) is 21.6. The normalized spacial score (nSPS) is 13.5. The fraction of sp³-hybridized carbons (Fsp3) is 1.00. The molecule has 0 aromatic heterocycles. The highest BCUT2D eigenvalue weighted by Gasteiger charge is 2.35. The maximum Gasteiger partial charge on any atom is 0.334 e. The van der Waals surface area contributed by atoms with E-state index in [0.717, 1.165) is 62.7 Å². The van der Waals surface area contributed by atoms with Gasteiger partial charge < -0.3 is 26.6 Å². The molecular weight excluding hydrogens is 541 g/mol. The minimum atomic E-state index is -2.11. The van der Waals surface area contributed by atoms with Gasteiger partial charge in [0.15, 0.2) is 0 Å². The van der Waals surface area contributed by atoms with Gasteiger partial charge in [-0.25, -0.2) is 0 Å². The van der Waals surface area contributed by atoms with Gasteiger partial charge >= 0.3 is 25.7 Å². The Morgan fingerprint density at radius 2 is 0.973 bits per heavy atom. The number of rotatable bonds is 26. The summed E-state index contributed by atoms with van der Waals surface area (Å²) in [5.41, 5.74) is 0. The summed E-state index contributed by atoms with van der Waals surface area (Å²) in [5.74, 6) is 1.03. The predicted octanol–water partition coefficient (Wildman–Crippen LogP) is 5.79. The van der Waals surface area contributed by atoms with Crippen molar-refractivity contribution in [2.45, 2.75) is 103 Å². The molecular formula is C25H60N2O6SSi3. The van der Waals surface area contributed by atoms with Gasteiger partial charge in [-0.2, -0.15) is 0 Å². The van der Waals surface area contributed by atoms with Gasteiger partial charge in [-0.3, -0.25) is 10.6 Å². The molecule has 0 bridgehead atoms. The van der Waals surface area contributed by atoms with Crippen LogP contribution in [-0.2, 0) is 26.6 Å². The molecule has 0 aromatic carbocycles. The van der Waals surface area contributed by atoms with Crippen molar-refractivity contribution in [1.82, 2.24) is 10.6 Å². The van der Waals surface area contributed by atoms with Crippen LogP contribution in [0.3, 0.4) is 0 Å². The molecule has 0 saturated heterocycles. The first-order valence-electron chi connectivity index (χ1n) is 14.3. The van der Waals surface area contributed by atoms with E-state index in [9.17, 15) is 0 Å². The van der Waals surface area contributed by atoms with E-state index in [1.807, 2.05) is 11.8 Å². The van der Waals surface area contributed by atoms with E-state index in [4.69, 9.17) is 26.6 Å². The Hall–Kier alpha value is 0.681. The van der Waals surface area contributed by atoms with Gasteiger partial charge in [0.05, 0.1) is 0 Å². The van der Waals surface area contributed by atoms with Crippen LogP contribution in [-0.4, -0.2) is 90.2 Å². The van der Waals surface area contributed by atoms with Crippen LogP contribution in [0.2, 0.25) is 37.8 Å². The predicted molar refractivity (Wildman–Crippen MR) is 165 cm³/mol. The minimum absolute atomic E-state index is 0.199. The number of hydrogen-bond acceptors (Lipinski definition) is 9. The molecule has 0 aliphatic carbocycles. The molecule has 0 aliphatic rings. The second kappa shape index (κ2) is 20.5. The lowest BCUT2D eigenvalue weighted by atomic mass is 10.2. The van der Waals surface area contributed by atoms with Crippen LogP contribution in [0.25, 0.3) is 0 Å². The highest BCUT2D eigenvalue weighted by atomic mass is 32.2. The van der Waals surface area contributed by atoms with E-state index in [0.29, 0.717) is 26.4 Å². The summed E-state index contributed by atoms with van der Waals surface area (Å²) in [6.07, 6.45) is 4.08. The van der Waals surface area contributed by atoms with Gasteiger partial charge in [0.1, 0.15) is 4.99 Å². The lowest BCUT2D eigenvalue weighted by Gasteiger charge is -2.37. The molecule has 0 aliphatic heterocycles. The lowest BCUT2D eigenvalue weighted by molar-refractivity contribution is 0.188. The van der Waals surface area contributed by atoms with Gasteiger partial charge in [0, 0.05) is 40.6 Å². The first kappa shape index (κ1) is 37.7. The standard InChI is InChI=1S/C25H60N2O6SSi3/c1-11-30-36(9,31-12-2)23-17-20-26-25(34-15-5,19-16-22-35(8,28-6)29-7)27-21-18-24-37(10,32-13-3)33-14-4/h26-27H,11-24H2,1-10H3. The quantitative estimate of drug-likeness (QED) is 0.0729. The third-order valence-electron chi connectivity index (χ3n) is 6.65. The highest BCUT2D eigenvalue weighted by molar-refractivity contribution is 8.00. The molecule has 0 aromatic rings. The first-order valence-corrected chi connectivity index (χ1v) is 22.9. The van der Waals surface area contributed by atoms with Crippen molar-refractivity contribution in [3.8, 4) is 0 Å². The molecule has 0 amide bonds. The monoisotopic (exact) mass is 600 g/mol. The van der Waals surface area contributed by atoms with Crippen LogP contribution in [0.1, 0.15) is 60.3 Å². The third kappa shape index (κ3) is 15.9. The average molecular weight is 601 g/mol. The molecule has 0 unspecified atom stereocenters. The van der Waals surface area contributed by atoms with Crippen LogP contribution in [0.4, 0.5) is 0 Å². The van der Waals surface area contributed by atoms with E-state index >= 15 is 0 Å². The Bertz CT molecular complexity index is 523. The zero-order chi connectivity index (χ0) is 28.3. The zero-order valence-corrected chi connectivity index (χ0v) is 29.6. The van der Waals surface area contributed by atoms with Crippen molar-refractivity contribution in [2.24, 2.45) is 0 Å². The van der Waals surface area contributed by atoms with Crippen molar-refractivity contribution in [2.75, 3.05) is 59.5 Å². The van der Waals surface area contributed by atoms with Crippen LogP contribution >= 0.6 is 11.8 Å². The van der Waals surface area contributed by atoms with E-state index in [1.54, 1.807) is 14.2 Å². The number of hydrogen-bond donors (Lipinski definition) is 2. The van der Waals surface area contributed by atoms with Gasteiger partial charge in [-0.1, -0.05) is 6.92 Å². The molecule has 12 heteroatoms. The van der Waals surface area contributed by atoms with Crippen LogP contribution < -0.4 is 10.6 Å². The fourth-order valence-electron chi connectivity index (χ4n) is 4.60. The highest BCUT2D eigenvalue weighted by Crippen LogP contribution is 2.29. The molecule has 0 fully saturated rings. The van der Waals surface area contributed by atoms with Gasteiger partial charge in [-0.05, 0) is 110 Å². The largest absolute Gasteiger partial charge is 0.398 e. The summed E-state index contributed by atoms with van der Waals surface area (Å²) in [5, 5.41) is 7.81. The fourth-order valence-corrected chi connectivity index (χ4v) is 12.0. The van der Waals surface area contributed by atoms with Crippen molar-refractivity contribution >= 4 is 37.4 Å². The molecule has 0 heterocycles. The molecule has 0 saturated carbocycles. The molecule has 0 rings (SSSR count). The Kier molecular flexibility index (Phi) is 20.9. The molecule has 0 spiro atoms. The van der Waals surface area contributed by atoms with Crippen LogP contribution in [0.5, 0.6) is 0 Å². The van der Waals surface area contributed by atoms with E-state index < -0.39 is 25.7 Å². The summed E-state index contributed by atoms with van der Waals surface area (Å²) >= 11 is 1.96. The number of thioether (sulfide) groups is 1. The SMILES string of the molecule is CCO[Si](C)(CCCNC(CCC[Si](C)(OC)OC)(NCCC[Si](C)(OCC)OCC)SCC)OCC. The van der Waals surface area contributed by atoms with Crippen molar-refractivity contribution in [3.05, 3.63) is 0 Å². The van der Waals surface area contributed by atoms with Gasteiger partial charge in [0.25, 0.3) is 0 Å². The summed E-state index contributed by atoms with van der Waals surface area (Å²) < 4.78 is 35.7. The maximum absolute atomic E-state index is 6.05. The third-order valence-corrected chi connectivity index (χ3v) is 17.0. The lowest BCUT2D eigenvalue weighted by Crippen LogP contribution is -2.55. The maximum atomic E-state index is 6.05. The zero-order valence-electron chi connectivity index (χ0n) is 25.8. The Morgan fingerprint density at radius 1 is 0.595 bits per heavy atom. The van der Waals surface area contributed by atoms with Crippen molar-refractivity contribution in [3.63, 3.8) is 0 Å². The molecule has 8 nitrogen and oxygen atoms in total. The summed E-state index contributed by atoms with van der Waals surface area (Å²) in [7, 11) is -2.78. The van der Waals surface area contributed by atoms with Crippen LogP contribution in [0, 0.1) is 0 Å². The second-order valence-electron chi connectivity index (χ2n) is 9.72. The molecule has 37 heavy (non-hydrogen) atoms. The Labute approximate surface area is 236 Å². The van der Waals surface area contributed by atoms with E-state index in [1.165, 1.54) is 0 Å². The molecule has 224 valence electrons. The van der Waals surface area contributed by atoms with Crippen molar-refractivity contribution < 1.29 is 26.6 Å². The van der Waals surface area contributed by atoms with Gasteiger partial charge in [0.2, 0.25) is 0 Å². The molecule has 0 radical (unpaired) electrons. The summed E-state index contributed by atoms with van der Waals surface area (Å²) in [6, 6.07) is 2.94. The van der Waals surface area contributed by atoms with Crippen LogP contribution in [0.15, 0.2) is 0 Å². The van der Waals surface area contributed by atoms with E-state index in [-0.39, 0.29) is 4.99 Å². The first-order chi connectivity index (χ1) is 17.5.